The summed E-state index contributed by atoms with van der Waals surface area (Å²) in [5.74, 6) is -1.41. The lowest BCUT2D eigenvalue weighted by atomic mass is 9.95. The molecule has 0 unspecified atom stereocenters. The average molecular weight is 402 g/mol. The Morgan fingerprint density at radius 3 is 2.38 bits per heavy atom. The number of sulfonamides is 1. The largest absolute Gasteiger partial charge is 0.326 e. The van der Waals surface area contributed by atoms with E-state index >= 15 is 0 Å². The second-order valence-electron chi connectivity index (χ2n) is 5.85. The Balaban J connectivity index is 0.00000243. The zero-order valence-corrected chi connectivity index (χ0v) is 15.1. The monoisotopic (exact) mass is 401 g/mol. The molecule has 1 aliphatic heterocycles. The molecule has 2 atom stereocenters. The highest BCUT2D eigenvalue weighted by atomic mass is 35.5. The van der Waals surface area contributed by atoms with Gasteiger partial charge in [-0.05, 0) is 11.6 Å². The SMILES string of the molecule is Cl.N[C@@H]1CN(S(=O)(=O)c2c(F)cccc2[N+](=O)[O-])C[C@H]1c1ccccc1. The number of nitrogens with zero attached hydrogens (tertiary/aromatic N) is 2. The fourth-order valence-electron chi connectivity index (χ4n) is 3.07. The Morgan fingerprint density at radius 2 is 1.77 bits per heavy atom. The normalized spacial score (nSPS) is 20.5. The van der Waals surface area contributed by atoms with Crippen LogP contribution in [0, 0.1) is 15.9 Å². The Hall–Kier alpha value is -2.07. The summed E-state index contributed by atoms with van der Waals surface area (Å²) in [6.07, 6.45) is 0. The summed E-state index contributed by atoms with van der Waals surface area (Å²) in [7, 11) is -4.38. The van der Waals surface area contributed by atoms with E-state index in [0.717, 1.165) is 28.1 Å². The molecule has 1 aliphatic rings. The first-order valence-corrected chi connectivity index (χ1v) is 9.00. The fraction of sp³-hybridized carbons (Fsp3) is 0.250. The van der Waals surface area contributed by atoms with Crippen LogP contribution in [0.1, 0.15) is 11.5 Å². The molecule has 26 heavy (non-hydrogen) atoms. The summed E-state index contributed by atoms with van der Waals surface area (Å²) in [5, 5.41) is 11.1. The molecule has 0 spiro atoms. The minimum Gasteiger partial charge on any atom is -0.326 e. The van der Waals surface area contributed by atoms with Gasteiger partial charge < -0.3 is 5.73 Å². The van der Waals surface area contributed by atoms with Crippen LogP contribution in [0.25, 0.3) is 0 Å². The van der Waals surface area contributed by atoms with Crippen molar-refractivity contribution in [3.05, 3.63) is 70.0 Å². The van der Waals surface area contributed by atoms with Crippen molar-refractivity contribution < 1.29 is 17.7 Å². The average Bonchev–Trinajstić information content (AvgIpc) is 2.98. The molecule has 2 N–H and O–H groups in total. The summed E-state index contributed by atoms with van der Waals surface area (Å²) in [5.41, 5.74) is 6.17. The highest BCUT2D eigenvalue weighted by molar-refractivity contribution is 7.89. The van der Waals surface area contributed by atoms with E-state index in [1.807, 2.05) is 30.3 Å². The number of nitro benzene ring substituents is 1. The van der Waals surface area contributed by atoms with Crippen LogP contribution in [-0.4, -0.2) is 36.8 Å². The van der Waals surface area contributed by atoms with Gasteiger partial charge in [-0.1, -0.05) is 36.4 Å². The van der Waals surface area contributed by atoms with Gasteiger partial charge in [-0.3, -0.25) is 10.1 Å². The quantitative estimate of drug-likeness (QED) is 0.624. The Kier molecular flexibility index (Phi) is 5.97. The van der Waals surface area contributed by atoms with Crippen LogP contribution < -0.4 is 5.73 Å². The molecular formula is C16H17ClFN3O4S. The molecule has 0 bridgehead atoms. The van der Waals surface area contributed by atoms with Crippen molar-refractivity contribution in [1.29, 1.82) is 0 Å². The van der Waals surface area contributed by atoms with Gasteiger partial charge >= 0.3 is 0 Å². The fourth-order valence-corrected chi connectivity index (χ4v) is 4.77. The van der Waals surface area contributed by atoms with Gasteiger partial charge in [0.15, 0.2) is 4.90 Å². The molecule has 10 heteroatoms. The minimum atomic E-state index is -4.38. The lowest BCUT2D eigenvalue weighted by molar-refractivity contribution is -0.388. The summed E-state index contributed by atoms with van der Waals surface area (Å²) in [6.45, 7) is 0.00633. The minimum absolute atomic E-state index is 0. The summed E-state index contributed by atoms with van der Waals surface area (Å²) < 4.78 is 40.8. The molecule has 0 radical (unpaired) electrons. The van der Waals surface area contributed by atoms with E-state index in [1.165, 1.54) is 0 Å². The number of nitrogens with two attached hydrogens (primary N) is 1. The van der Waals surface area contributed by atoms with E-state index in [1.54, 1.807) is 0 Å². The Bertz CT molecular complexity index is 911. The first kappa shape index (κ1) is 20.2. The molecule has 7 nitrogen and oxygen atoms in total. The van der Waals surface area contributed by atoms with Crippen molar-refractivity contribution in [2.45, 2.75) is 16.9 Å². The molecular weight excluding hydrogens is 385 g/mol. The predicted molar refractivity (Wildman–Crippen MR) is 96.2 cm³/mol. The molecule has 0 aliphatic carbocycles. The van der Waals surface area contributed by atoms with Gasteiger partial charge in [-0.15, -0.1) is 12.4 Å². The van der Waals surface area contributed by atoms with E-state index in [4.69, 9.17) is 5.73 Å². The van der Waals surface area contributed by atoms with Crippen molar-refractivity contribution in [3.8, 4) is 0 Å². The van der Waals surface area contributed by atoms with E-state index in [2.05, 4.69) is 0 Å². The van der Waals surface area contributed by atoms with Crippen LogP contribution in [0.3, 0.4) is 0 Å². The molecule has 1 fully saturated rings. The second kappa shape index (κ2) is 7.67. The van der Waals surface area contributed by atoms with Gasteiger partial charge in [0.05, 0.1) is 4.92 Å². The van der Waals surface area contributed by atoms with Crippen molar-refractivity contribution in [3.63, 3.8) is 0 Å². The lowest BCUT2D eigenvalue weighted by Crippen LogP contribution is -2.33. The molecule has 2 aromatic carbocycles. The molecule has 0 saturated carbocycles. The van der Waals surface area contributed by atoms with Crippen LogP contribution in [0.15, 0.2) is 53.4 Å². The predicted octanol–water partition coefficient (Wildman–Crippen LogP) is 2.27. The molecule has 1 heterocycles. The van der Waals surface area contributed by atoms with Crippen LogP contribution in [0.4, 0.5) is 10.1 Å². The van der Waals surface area contributed by atoms with Gasteiger partial charge in [0.25, 0.3) is 15.7 Å². The lowest BCUT2D eigenvalue weighted by Gasteiger charge is -2.17. The van der Waals surface area contributed by atoms with Crippen molar-refractivity contribution >= 4 is 28.1 Å². The molecule has 2 aromatic rings. The summed E-state index contributed by atoms with van der Waals surface area (Å²) in [4.78, 5) is 9.30. The van der Waals surface area contributed by atoms with E-state index in [-0.39, 0.29) is 31.4 Å². The maximum Gasteiger partial charge on any atom is 0.292 e. The Labute approximate surface area is 156 Å². The highest BCUT2D eigenvalue weighted by Gasteiger charge is 2.42. The first-order chi connectivity index (χ1) is 11.8. The number of nitro groups is 1. The third kappa shape index (κ3) is 3.56. The van der Waals surface area contributed by atoms with Crippen molar-refractivity contribution in [1.82, 2.24) is 4.31 Å². The number of rotatable bonds is 4. The number of halogens is 2. The van der Waals surface area contributed by atoms with Gasteiger partial charge in [0.2, 0.25) is 0 Å². The number of benzene rings is 2. The molecule has 3 rings (SSSR count). The zero-order valence-electron chi connectivity index (χ0n) is 13.5. The molecule has 0 amide bonds. The third-order valence-electron chi connectivity index (χ3n) is 4.30. The van der Waals surface area contributed by atoms with Gasteiger partial charge in [0.1, 0.15) is 5.82 Å². The van der Waals surface area contributed by atoms with E-state index < -0.39 is 37.4 Å². The zero-order chi connectivity index (χ0) is 18.2. The second-order valence-corrected chi connectivity index (χ2v) is 7.72. The van der Waals surface area contributed by atoms with Gasteiger partial charge in [-0.2, -0.15) is 4.31 Å². The smallest absolute Gasteiger partial charge is 0.292 e. The van der Waals surface area contributed by atoms with Crippen molar-refractivity contribution in [2.24, 2.45) is 5.73 Å². The summed E-state index contributed by atoms with van der Waals surface area (Å²) in [6, 6.07) is 11.6. The Morgan fingerprint density at radius 1 is 1.12 bits per heavy atom. The van der Waals surface area contributed by atoms with Gasteiger partial charge in [0, 0.05) is 31.1 Å². The van der Waals surface area contributed by atoms with Crippen molar-refractivity contribution in [2.75, 3.05) is 13.1 Å². The van der Waals surface area contributed by atoms with Crippen LogP contribution >= 0.6 is 12.4 Å². The topological polar surface area (TPSA) is 107 Å². The highest BCUT2D eigenvalue weighted by Crippen LogP contribution is 2.34. The maximum absolute atomic E-state index is 14.1. The standard InChI is InChI=1S/C16H16FN3O4S.ClH/c17-13-7-4-8-15(20(21)22)16(13)25(23,24)19-9-12(14(18)10-19)11-5-2-1-3-6-11;/h1-8,12,14H,9-10,18H2;1H/t12-,14+;/m0./s1. The maximum atomic E-state index is 14.1. The number of hydrogen-bond donors (Lipinski definition) is 1. The van der Waals surface area contributed by atoms with E-state index in [0.29, 0.717) is 0 Å². The first-order valence-electron chi connectivity index (χ1n) is 7.56. The van der Waals surface area contributed by atoms with Crippen LogP contribution in [0.5, 0.6) is 0 Å². The summed E-state index contributed by atoms with van der Waals surface area (Å²) >= 11 is 0. The molecule has 0 aromatic heterocycles. The van der Waals surface area contributed by atoms with Gasteiger partial charge in [-0.25, -0.2) is 12.8 Å². The van der Waals surface area contributed by atoms with Crippen LogP contribution in [0.2, 0.25) is 0 Å². The molecule has 140 valence electrons. The van der Waals surface area contributed by atoms with E-state index in [9.17, 15) is 22.9 Å². The van der Waals surface area contributed by atoms with Crippen LogP contribution in [-0.2, 0) is 10.0 Å². The number of hydrogen-bond acceptors (Lipinski definition) is 5. The molecule has 1 saturated heterocycles. The third-order valence-corrected chi connectivity index (χ3v) is 6.20.